The summed E-state index contributed by atoms with van der Waals surface area (Å²) in [5, 5.41) is 4.28. The summed E-state index contributed by atoms with van der Waals surface area (Å²) in [6.45, 7) is 4.29. The first kappa shape index (κ1) is 16.7. The fourth-order valence-electron chi connectivity index (χ4n) is 4.18. The maximum Gasteiger partial charge on any atom is 0.173 e. The molecule has 1 aliphatic carbocycles. The van der Waals surface area contributed by atoms with Gasteiger partial charge in [0.05, 0.1) is 19.1 Å². The summed E-state index contributed by atoms with van der Waals surface area (Å²) < 4.78 is 0. The minimum absolute atomic E-state index is 0.816. The maximum absolute atomic E-state index is 5.62. The summed E-state index contributed by atoms with van der Waals surface area (Å²) >= 11 is 5.62. The highest BCUT2D eigenvalue weighted by molar-refractivity contribution is 7.80. The first-order chi connectivity index (χ1) is 11.1. The Morgan fingerprint density at radius 1 is 1.13 bits per heavy atom. The van der Waals surface area contributed by atoms with Crippen molar-refractivity contribution in [1.29, 1.82) is 0 Å². The van der Waals surface area contributed by atoms with E-state index in [0.717, 1.165) is 36.0 Å². The number of hydrogen-bond acceptors (Lipinski definition) is 1. The second-order valence-electron chi connectivity index (χ2n) is 7.29. The molecule has 1 aromatic rings. The third-order valence-electron chi connectivity index (χ3n) is 5.69. The number of aryl methyl sites for hydroxylation is 1. The zero-order chi connectivity index (χ0) is 16.2. The smallest absolute Gasteiger partial charge is 0.173 e. The van der Waals surface area contributed by atoms with Crippen molar-refractivity contribution in [2.24, 2.45) is 0 Å². The van der Waals surface area contributed by atoms with Crippen molar-refractivity contribution < 1.29 is 4.90 Å². The molecule has 0 aromatic heterocycles. The number of nitrogens with one attached hydrogen (secondary N) is 2. The number of hydrogen-bond donors (Lipinski definition) is 2. The number of piperidine rings is 1. The lowest BCUT2D eigenvalue weighted by Crippen LogP contribution is -3.16. The Morgan fingerprint density at radius 2 is 1.78 bits per heavy atom. The summed E-state index contributed by atoms with van der Waals surface area (Å²) in [6, 6.07) is 10.1. The summed E-state index contributed by atoms with van der Waals surface area (Å²) in [5.74, 6) is 0. The van der Waals surface area contributed by atoms with Crippen molar-refractivity contribution >= 4 is 23.0 Å². The van der Waals surface area contributed by atoms with Crippen LogP contribution in [0.3, 0.4) is 0 Å². The van der Waals surface area contributed by atoms with Crippen LogP contribution in [0, 0.1) is 6.92 Å². The molecule has 1 saturated carbocycles. The number of nitrogens with zero attached hydrogens (tertiary/aromatic N) is 1. The van der Waals surface area contributed by atoms with Crippen molar-refractivity contribution in [2.45, 2.75) is 57.5 Å². The number of quaternary nitrogens is 1. The van der Waals surface area contributed by atoms with E-state index in [4.69, 9.17) is 12.2 Å². The molecule has 2 N–H and O–H groups in total. The molecule has 1 saturated heterocycles. The quantitative estimate of drug-likeness (QED) is 0.830. The van der Waals surface area contributed by atoms with Gasteiger partial charge >= 0.3 is 0 Å². The lowest BCUT2D eigenvalue weighted by atomic mass is 10.0. The van der Waals surface area contributed by atoms with E-state index in [9.17, 15) is 0 Å². The van der Waals surface area contributed by atoms with Crippen LogP contribution < -0.4 is 10.2 Å². The van der Waals surface area contributed by atoms with Crippen LogP contribution in [0.4, 0.5) is 5.69 Å². The molecule has 1 aromatic carbocycles. The molecule has 126 valence electrons. The molecule has 0 radical (unpaired) electrons. The molecule has 2 fully saturated rings. The van der Waals surface area contributed by atoms with Crippen molar-refractivity contribution in [3.8, 4) is 0 Å². The zero-order valence-corrected chi connectivity index (χ0v) is 15.3. The SMILES string of the molecule is Cc1cccc(NC(=S)N2CCC([NH+](C)C3CCCC3)CC2)c1. The Hall–Kier alpha value is -1.13. The van der Waals surface area contributed by atoms with E-state index in [1.807, 2.05) is 0 Å². The highest BCUT2D eigenvalue weighted by Gasteiger charge is 2.32. The molecule has 3 rings (SSSR count). The van der Waals surface area contributed by atoms with Crippen LogP contribution in [0.1, 0.15) is 44.1 Å². The maximum atomic E-state index is 5.62. The number of likely N-dealkylation sites (tertiary alicyclic amines) is 1. The highest BCUT2D eigenvalue weighted by atomic mass is 32.1. The van der Waals surface area contributed by atoms with Gasteiger partial charge in [-0.05, 0) is 62.5 Å². The number of thiocarbonyl (C=S) groups is 1. The van der Waals surface area contributed by atoms with Crippen LogP contribution in [-0.2, 0) is 0 Å². The third-order valence-corrected chi connectivity index (χ3v) is 6.05. The first-order valence-corrected chi connectivity index (χ1v) is 9.50. The molecular formula is C19H30N3S+. The molecule has 1 heterocycles. The molecule has 0 amide bonds. The molecule has 1 aliphatic heterocycles. The molecule has 23 heavy (non-hydrogen) atoms. The van der Waals surface area contributed by atoms with Gasteiger partial charge in [-0.25, -0.2) is 0 Å². The van der Waals surface area contributed by atoms with E-state index in [1.54, 1.807) is 4.90 Å². The van der Waals surface area contributed by atoms with Gasteiger partial charge in [0, 0.05) is 31.6 Å². The van der Waals surface area contributed by atoms with Gasteiger partial charge in [0.1, 0.15) is 0 Å². The van der Waals surface area contributed by atoms with Crippen LogP contribution in [0.15, 0.2) is 24.3 Å². The van der Waals surface area contributed by atoms with E-state index in [0.29, 0.717) is 0 Å². The van der Waals surface area contributed by atoms with Gasteiger partial charge in [-0.2, -0.15) is 0 Å². The summed E-state index contributed by atoms with van der Waals surface area (Å²) in [7, 11) is 2.42. The Balaban J connectivity index is 1.49. The van der Waals surface area contributed by atoms with E-state index < -0.39 is 0 Å². The summed E-state index contributed by atoms with van der Waals surface area (Å²) in [6.07, 6.45) is 8.26. The van der Waals surface area contributed by atoms with Gasteiger partial charge in [-0.1, -0.05) is 12.1 Å². The Morgan fingerprint density at radius 3 is 2.43 bits per heavy atom. The minimum Gasteiger partial charge on any atom is -0.349 e. The molecule has 0 spiro atoms. The average molecular weight is 333 g/mol. The van der Waals surface area contributed by atoms with E-state index in [-0.39, 0.29) is 0 Å². The predicted octanol–water partition coefficient (Wildman–Crippen LogP) is 2.61. The minimum atomic E-state index is 0.816. The second kappa shape index (κ2) is 7.63. The highest BCUT2D eigenvalue weighted by Crippen LogP contribution is 2.18. The molecule has 0 bridgehead atoms. The van der Waals surface area contributed by atoms with E-state index >= 15 is 0 Å². The van der Waals surface area contributed by atoms with Gasteiger partial charge in [0.15, 0.2) is 5.11 Å². The van der Waals surface area contributed by atoms with Gasteiger partial charge in [-0.15, -0.1) is 0 Å². The monoisotopic (exact) mass is 332 g/mol. The van der Waals surface area contributed by atoms with Crippen molar-refractivity contribution in [1.82, 2.24) is 4.90 Å². The van der Waals surface area contributed by atoms with Crippen LogP contribution in [0.5, 0.6) is 0 Å². The molecular weight excluding hydrogens is 302 g/mol. The van der Waals surface area contributed by atoms with Gasteiger partial charge in [0.2, 0.25) is 0 Å². The molecule has 1 atom stereocenters. The van der Waals surface area contributed by atoms with Crippen molar-refractivity contribution in [2.75, 3.05) is 25.5 Å². The van der Waals surface area contributed by atoms with E-state index in [2.05, 4.69) is 48.5 Å². The average Bonchev–Trinajstić information content (AvgIpc) is 3.09. The second-order valence-corrected chi connectivity index (χ2v) is 7.67. The zero-order valence-electron chi connectivity index (χ0n) is 14.5. The lowest BCUT2D eigenvalue weighted by molar-refractivity contribution is -0.931. The normalized spacial score (nSPS) is 21.4. The molecule has 3 nitrogen and oxygen atoms in total. The van der Waals surface area contributed by atoms with Gasteiger partial charge in [0.25, 0.3) is 0 Å². The Labute approximate surface area is 146 Å². The molecule has 2 aliphatic rings. The van der Waals surface area contributed by atoms with Crippen LogP contribution in [-0.4, -0.2) is 42.2 Å². The summed E-state index contributed by atoms with van der Waals surface area (Å²) in [5.41, 5.74) is 2.36. The van der Waals surface area contributed by atoms with Crippen molar-refractivity contribution in [3.63, 3.8) is 0 Å². The third kappa shape index (κ3) is 4.24. The fourth-order valence-corrected chi connectivity index (χ4v) is 4.48. The first-order valence-electron chi connectivity index (χ1n) is 9.09. The number of rotatable bonds is 3. The largest absolute Gasteiger partial charge is 0.349 e. The number of anilines is 1. The van der Waals surface area contributed by atoms with Crippen LogP contribution >= 0.6 is 12.2 Å². The molecule has 4 heteroatoms. The van der Waals surface area contributed by atoms with Crippen LogP contribution in [0.2, 0.25) is 0 Å². The van der Waals surface area contributed by atoms with E-state index in [1.165, 1.54) is 44.1 Å². The number of benzene rings is 1. The van der Waals surface area contributed by atoms with Crippen LogP contribution in [0.25, 0.3) is 0 Å². The lowest BCUT2D eigenvalue weighted by Gasteiger charge is -2.38. The summed E-state index contributed by atoms with van der Waals surface area (Å²) in [4.78, 5) is 4.12. The molecule has 1 unspecified atom stereocenters. The predicted molar refractivity (Wildman–Crippen MR) is 101 cm³/mol. The standard InChI is InChI=1S/C19H29N3S/c1-15-6-5-7-16(14-15)20-19(23)22-12-10-18(11-13-22)21(2)17-8-3-4-9-17/h5-7,14,17-18H,3-4,8-13H2,1-2H3,(H,20,23)/p+1. The Bertz CT molecular complexity index is 531. The van der Waals surface area contributed by atoms with Gasteiger partial charge < -0.3 is 15.1 Å². The van der Waals surface area contributed by atoms with Crippen molar-refractivity contribution in [3.05, 3.63) is 29.8 Å². The fraction of sp³-hybridized carbons (Fsp3) is 0.632. The van der Waals surface area contributed by atoms with Gasteiger partial charge in [-0.3, -0.25) is 0 Å². The topological polar surface area (TPSA) is 19.7 Å². The Kier molecular flexibility index (Phi) is 5.54.